The van der Waals surface area contributed by atoms with Crippen LogP contribution in [-0.4, -0.2) is 25.6 Å². The van der Waals surface area contributed by atoms with Crippen molar-refractivity contribution in [2.75, 3.05) is 0 Å². The van der Waals surface area contributed by atoms with Crippen LogP contribution in [0.25, 0.3) is 0 Å². The Kier molecular flexibility index (Phi) is 5.79. The standard InChI is InChI=1S/C19H15ClN4O6/c1-11-18(24(28)29)12(2)22(21-11)10-13-3-5-14(6-4-13)19(25)30-17-8-7-15(23(26)27)9-16(17)20/h3-9H,10H2,1-2H3. The van der Waals surface area contributed by atoms with E-state index >= 15 is 0 Å². The SMILES string of the molecule is Cc1nn(Cc2ccc(C(=O)Oc3ccc([N+](=O)[O-])cc3Cl)cc2)c(C)c1[N+](=O)[O-]. The number of nitrogens with zero attached hydrogens (tertiary/aromatic N) is 4. The first-order valence-corrected chi connectivity index (χ1v) is 8.98. The molecule has 0 aliphatic carbocycles. The van der Waals surface area contributed by atoms with Gasteiger partial charge in [0.2, 0.25) is 0 Å². The quantitative estimate of drug-likeness (QED) is 0.247. The van der Waals surface area contributed by atoms with Gasteiger partial charge in [0, 0.05) is 12.1 Å². The highest BCUT2D eigenvalue weighted by atomic mass is 35.5. The minimum atomic E-state index is -0.681. The van der Waals surface area contributed by atoms with Crippen molar-refractivity contribution < 1.29 is 19.4 Å². The molecule has 30 heavy (non-hydrogen) atoms. The van der Waals surface area contributed by atoms with Crippen LogP contribution in [-0.2, 0) is 6.54 Å². The Balaban J connectivity index is 1.73. The highest BCUT2D eigenvalue weighted by molar-refractivity contribution is 6.32. The molecule has 0 saturated carbocycles. The highest BCUT2D eigenvalue weighted by Gasteiger charge is 2.22. The molecule has 1 aromatic heterocycles. The lowest BCUT2D eigenvalue weighted by atomic mass is 10.1. The molecule has 0 amide bonds. The first kappa shape index (κ1) is 20.9. The van der Waals surface area contributed by atoms with Crippen molar-refractivity contribution in [2.24, 2.45) is 0 Å². The van der Waals surface area contributed by atoms with Crippen molar-refractivity contribution in [3.8, 4) is 5.75 Å². The molecule has 3 rings (SSSR count). The third-order valence-electron chi connectivity index (χ3n) is 4.38. The second-order valence-corrected chi connectivity index (χ2v) is 6.80. The van der Waals surface area contributed by atoms with Crippen LogP contribution in [0.5, 0.6) is 5.75 Å². The van der Waals surface area contributed by atoms with Crippen LogP contribution in [0, 0.1) is 34.1 Å². The van der Waals surface area contributed by atoms with Crippen molar-refractivity contribution in [3.63, 3.8) is 0 Å². The van der Waals surface area contributed by atoms with Crippen LogP contribution in [0.4, 0.5) is 11.4 Å². The number of carbonyl (C=O) groups excluding carboxylic acids is 1. The fourth-order valence-corrected chi connectivity index (χ4v) is 3.08. The zero-order chi connectivity index (χ0) is 22.0. The number of rotatable bonds is 6. The second kappa shape index (κ2) is 8.29. The van der Waals surface area contributed by atoms with Gasteiger partial charge in [0.25, 0.3) is 5.69 Å². The minimum absolute atomic E-state index is 0.00583. The molecule has 0 N–H and O–H groups in total. The topological polar surface area (TPSA) is 130 Å². The van der Waals surface area contributed by atoms with E-state index in [1.54, 1.807) is 26.0 Å². The molecule has 0 atom stereocenters. The molecule has 3 aromatic rings. The number of aryl methyl sites for hydroxylation is 1. The van der Waals surface area contributed by atoms with E-state index in [1.165, 1.54) is 28.9 Å². The van der Waals surface area contributed by atoms with Crippen LogP contribution in [0.2, 0.25) is 5.02 Å². The summed E-state index contributed by atoms with van der Waals surface area (Å²) in [4.78, 5) is 33.1. The van der Waals surface area contributed by atoms with E-state index in [0.29, 0.717) is 17.9 Å². The summed E-state index contributed by atoms with van der Waals surface area (Å²) in [5.41, 5.74) is 1.56. The van der Waals surface area contributed by atoms with Crippen molar-refractivity contribution >= 4 is 28.9 Å². The van der Waals surface area contributed by atoms with E-state index in [1.807, 2.05) is 0 Å². The highest BCUT2D eigenvalue weighted by Crippen LogP contribution is 2.29. The molecular weight excluding hydrogens is 416 g/mol. The lowest BCUT2D eigenvalue weighted by Crippen LogP contribution is -2.09. The van der Waals surface area contributed by atoms with E-state index in [0.717, 1.165) is 11.6 Å². The molecule has 0 aliphatic rings. The van der Waals surface area contributed by atoms with Gasteiger partial charge in [0.05, 0.1) is 27.0 Å². The number of benzene rings is 2. The van der Waals surface area contributed by atoms with Gasteiger partial charge in [-0.3, -0.25) is 24.9 Å². The maximum absolute atomic E-state index is 12.3. The van der Waals surface area contributed by atoms with Crippen molar-refractivity contribution in [1.29, 1.82) is 0 Å². The number of nitro groups is 2. The first-order valence-electron chi connectivity index (χ1n) is 8.61. The molecule has 11 heteroatoms. The predicted molar refractivity (Wildman–Crippen MR) is 107 cm³/mol. The van der Waals surface area contributed by atoms with Gasteiger partial charge in [0.15, 0.2) is 0 Å². The zero-order valence-corrected chi connectivity index (χ0v) is 16.6. The smallest absolute Gasteiger partial charge is 0.343 e. The summed E-state index contributed by atoms with van der Waals surface area (Å²) >= 11 is 5.93. The number of nitro benzene ring substituents is 1. The summed E-state index contributed by atoms with van der Waals surface area (Å²) in [6, 6.07) is 9.97. The van der Waals surface area contributed by atoms with Crippen LogP contribution >= 0.6 is 11.6 Å². The van der Waals surface area contributed by atoms with Crippen LogP contribution in [0.15, 0.2) is 42.5 Å². The average Bonchev–Trinajstić information content (AvgIpc) is 2.97. The van der Waals surface area contributed by atoms with Gasteiger partial charge >= 0.3 is 11.7 Å². The summed E-state index contributed by atoms with van der Waals surface area (Å²) in [6.07, 6.45) is 0. The maximum atomic E-state index is 12.3. The fraction of sp³-hybridized carbons (Fsp3) is 0.158. The lowest BCUT2D eigenvalue weighted by molar-refractivity contribution is -0.386. The molecule has 0 bridgehead atoms. The van der Waals surface area contributed by atoms with Crippen LogP contribution in [0.1, 0.15) is 27.3 Å². The Hall–Kier alpha value is -3.79. The van der Waals surface area contributed by atoms with Gasteiger partial charge in [-0.05, 0) is 37.6 Å². The molecule has 154 valence electrons. The largest absolute Gasteiger partial charge is 0.421 e. The van der Waals surface area contributed by atoms with E-state index in [2.05, 4.69) is 5.10 Å². The number of non-ortho nitro benzene ring substituents is 1. The van der Waals surface area contributed by atoms with Gasteiger partial charge < -0.3 is 4.74 Å². The summed E-state index contributed by atoms with van der Waals surface area (Å²) < 4.78 is 6.73. The Morgan fingerprint density at radius 1 is 1.10 bits per heavy atom. The first-order chi connectivity index (χ1) is 14.2. The monoisotopic (exact) mass is 430 g/mol. The van der Waals surface area contributed by atoms with Crippen molar-refractivity contribution in [1.82, 2.24) is 9.78 Å². The third kappa shape index (κ3) is 4.28. The summed E-state index contributed by atoms with van der Waals surface area (Å²) in [5, 5.41) is 26.0. The molecule has 0 radical (unpaired) electrons. The van der Waals surface area contributed by atoms with E-state index in [-0.39, 0.29) is 27.7 Å². The molecule has 1 heterocycles. The van der Waals surface area contributed by atoms with Gasteiger partial charge in [-0.15, -0.1) is 0 Å². The lowest BCUT2D eigenvalue weighted by Gasteiger charge is -2.08. The van der Waals surface area contributed by atoms with E-state index in [4.69, 9.17) is 16.3 Å². The van der Waals surface area contributed by atoms with Gasteiger partial charge in [0.1, 0.15) is 17.1 Å². The molecule has 0 saturated heterocycles. The number of ether oxygens (including phenoxy) is 1. The average molecular weight is 431 g/mol. The minimum Gasteiger partial charge on any atom is -0.421 e. The third-order valence-corrected chi connectivity index (χ3v) is 4.67. The molecule has 10 nitrogen and oxygen atoms in total. The predicted octanol–water partition coefficient (Wildman–Crippen LogP) is 4.24. The molecule has 0 unspecified atom stereocenters. The number of aromatic nitrogens is 2. The second-order valence-electron chi connectivity index (χ2n) is 6.39. The van der Waals surface area contributed by atoms with Crippen molar-refractivity contribution in [3.05, 3.63) is 90.2 Å². The fourth-order valence-electron chi connectivity index (χ4n) is 2.87. The molecule has 2 aromatic carbocycles. The van der Waals surface area contributed by atoms with Crippen LogP contribution < -0.4 is 4.74 Å². The normalized spacial score (nSPS) is 10.6. The Bertz CT molecular complexity index is 1160. The maximum Gasteiger partial charge on any atom is 0.343 e. The Labute approximate surface area is 174 Å². The summed E-state index contributed by atoms with van der Waals surface area (Å²) in [7, 11) is 0. The van der Waals surface area contributed by atoms with E-state index < -0.39 is 15.8 Å². The summed E-state index contributed by atoms with van der Waals surface area (Å²) in [6.45, 7) is 3.49. The van der Waals surface area contributed by atoms with E-state index in [9.17, 15) is 25.0 Å². The molecule has 0 spiro atoms. The van der Waals surface area contributed by atoms with Crippen molar-refractivity contribution in [2.45, 2.75) is 20.4 Å². The Morgan fingerprint density at radius 2 is 1.77 bits per heavy atom. The van der Waals surface area contributed by atoms with Gasteiger partial charge in [-0.1, -0.05) is 23.7 Å². The number of hydrogen-bond donors (Lipinski definition) is 0. The molecular formula is C19H15ClN4O6. The van der Waals surface area contributed by atoms with Gasteiger partial charge in [-0.2, -0.15) is 5.10 Å². The van der Waals surface area contributed by atoms with Crippen LogP contribution in [0.3, 0.4) is 0 Å². The number of halogens is 1. The molecule has 0 fully saturated rings. The Morgan fingerprint density at radius 3 is 2.30 bits per heavy atom. The van der Waals surface area contributed by atoms with Gasteiger partial charge in [-0.25, -0.2) is 4.79 Å². The number of esters is 1. The number of carbonyl (C=O) groups is 1. The molecule has 0 aliphatic heterocycles. The number of hydrogen-bond acceptors (Lipinski definition) is 7. The zero-order valence-electron chi connectivity index (χ0n) is 15.9. The summed E-state index contributed by atoms with van der Waals surface area (Å²) in [5.74, 6) is -0.676.